The lowest BCUT2D eigenvalue weighted by Gasteiger charge is -2.27. The van der Waals surface area contributed by atoms with E-state index in [9.17, 15) is 4.79 Å². The van der Waals surface area contributed by atoms with Crippen molar-refractivity contribution < 1.29 is 9.47 Å². The van der Waals surface area contributed by atoms with Crippen LogP contribution in [0.3, 0.4) is 0 Å². The third kappa shape index (κ3) is 5.61. The van der Waals surface area contributed by atoms with E-state index in [0.29, 0.717) is 34.6 Å². The molecule has 0 radical (unpaired) electrons. The molecule has 1 aliphatic heterocycles. The second kappa shape index (κ2) is 9.45. The number of fused-ring (bicyclic) bond motifs is 2. The molecule has 0 fully saturated rings. The number of aromatic nitrogens is 1. The van der Waals surface area contributed by atoms with Crippen molar-refractivity contribution in [2.75, 3.05) is 40.5 Å². The molecule has 1 aromatic carbocycles. The number of nitrogens with one attached hydrogen (secondary N) is 2. The summed E-state index contributed by atoms with van der Waals surface area (Å²) in [6.45, 7) is 7.49. The largest absolute Gasteiger partial charge is 0.454 e. The van der Waals surface area contributed by atoms with Crippen LogP contribution in [0.4, 0.5) is 0 Å². The summed E-state index contributed by atoms with van der Waals surface area (Å²) in [6, 6.07) is 5.63. The average Bonchev–Trinajstić information content (AvgIpc) is 3.10. The standard InChI is InChI=1S/C21H30N4O3S/c1-14(2)11-22-21(29)25(7-5-6-24(3)4)12-16-8-15-9-18-19(28-13-27-18)10-17(15)23-20(16)26/h8-10,14H,5-7,11-13H2,1-4H3,(H,22,29)(H,23,26). The molecule has 0 unspecified atom stereocenters. The van der Waals surface area contributed by atoms with Crippen molar-refractivity contribution in [1.29, 1.82) is 0 Å². The van der Waals surface area contributed by atoms with Gasteiger partial charge in [-0.05, 0) is 57.3 Å². The maximum Gasteiger partial charge on any atom is 0.253 e. The second-order valence-corrected chi connectivity index (χ2v) is 8.46. The van der Waals surface area contributed by atoms with E-state index >= 15 is 0 Å². The molecule has 0 aliphatic carbocycles. The molecule has 0 saturated carbocycles. The van der Waals surface area contributed by atoms with Crippen molar-refractivity contribution in [3.05, 3.63) is 34.1 Å². The average molecular weight is 419 g/mol. The summed E-state index contributed by atoms with van der Waals surface area (Å²) in [5, 5.41) is 4.92. The molecule has 1 aliphatic rings. The number of ether oxygens (including phenoxy) is 2. The summed E-state index contributed by atoms with van der Waals surface area (Å²) >= 11 is 5.63. The van der Waals surface area contributed by atoms with Crippen LogP contribution in [0, 0.1) is 5.92 Å². The molecule has 158 valence electrons. The highest BCUT2D eigenvalue weighted by molar-refractivity contribution is 7.80. The van der Waals surface area contributed by atoms with Gasteiger partial charge >= 0.3 is 0 Å². The van der Waals surface area contributed by atoms with E-state index in [2.05, 4.69) is 48.0 Å². The number of thiocarbonyl (C=S) groups is 1. The number of benzene rings is 1. The molecular formula is C21H30N4O3S. The topological polar surface area (TPSA) is 69.8 Å². The second-order valence-electron chi connectivity index (χ2n) is 8.07. The number of pyridine rings is 1. The summed E-state index contributed by atoms with van der Waals surface area (Å²) < 4.78 is 10.9. The molecule has 0 bridgehead atoms. The zero-order valence-electron chi connectivity index (χ0n) is 17.6. The fourth-order valence-corrected chi connectivity index (χ4v) is 3.44. The van der Waals surface area contributed by atoms with E-state index in [0.717, 1.165) is 37.0 Å². The van der Waals surface area contributed by atoms with Gasteiger partial charge in [0.15, 0.2) is 16.6 Å². The molecule has 1 aromatic heterocycles. The fourth-order valence-electron chi connectivity index (χ4n) is 3.20. The van der Waals surface area contributed by atoms with Gasteiger partial charge in [0, 0.05) is 30.1 Å². The Morgan fingerprint density at radius 3 is 2.62 bits per heavy atom. The molecule has 2 aromatic rings. The zero-order chi connectivity index (χ0) is 21.0. The third-order valence-corrected chi connectivity index (χ3v) is 5.16. The zero-order valence-corrected chi connectivity index (χ0v) is 18.4. The van der Waals surface area contributed by atoms with Gasteiger partial charge in [0.25, 0.3) is 5.56 Å². The summed E-state index contributed by atoms with van der Waals surface area (Å²) in [7, 11) is 4.11. The van der Waals surface area contributed by atoms with Crippen LogP contribution in [-0.4, -0.2) is 60.4 Å². The molecule has 0 spiro atoms. The van der Waals surface area contributed by atoms with Crippen LogP contribution in [0.15, 0.2) is 23.0 Å². The summed E-state index contributed by atoms with van der Waals surface area (Å²) in [6.07, 6.45) is 0.959. The minimum atomic E-state index is -0.111. The number of hydrogen-bond donors (Lipinski definition) is 2. The lowest BCUT2D eigenvalue weighted by Crippen LogP contribution is -2.42. The Morgan fingerprint density at radius 1 is 1.21 bits per heavy atom. The molecule has 2 N–H and O–H groups in total. The third-order valence-electron chi connectivity index (χ3n) is 4.76. The van der Waals surface area contributed by atoms with Gasteiger partial charge in [0.05, 0.1) is 12.1 Å². The number of rotatable bonds is 8. The Morgan fingerprint density at radius 2 is 1.93 bits per heavy atom. The summed E-state index contributed by atoms with van der Waals surface area (Å²) in [5.41, 5.74) is 1.30. The van der Waals surface area contributed by atoms with Crippen molar-refractivity contribution in [1.82, 2.24) is 20.1 Å². The lowest BCUT2D eigenvalue weighted by molar-refractivity contribution is 0.174. The van der Waals surface area contributed by atoms with E-state index < -0.39 is 0 Å². The SMILES string of the molecule is CC(C)CNC(=S)N(CCCN(C)C)Cc1cc2cc3c(cc2[nH]c1=O)OCO3. The summed E-state index contributed by atoms with van der Waals surface area (Å²) in [5.74, 6) is 1.85. The Balaban J connectivity index is 1.81. The van der Waals surface area contributed by atoms with Crippen molar-refractivity contribution in [2.45, 2.75) is 26.8 Å². The van der Waals surface area contributed by atoms with Gasteiger partial charge in [-0.2, -0.15) is 0 Å². The maximum atomic E-state index is 12.7. The first-order valence-electron chi connectivity index (χ1n) is 9.96. The molecule has 2 heterocycles. The number of H-pyrrole nitrogens is 1. The number of hydrogen-bond acceptors (Lipinski definition) is 5. The normalized spacial score (nSPS) is 12.8. The Kier molecular flexibility index (Phi) is 6.97. The van der Waals surface area contributed by atoms with Crippen molar-refractivity contribution in [2.24, 2.45) is 5.92 Å². The molecule has 8 heteroatoms. The Bertz CT molecular complexity index is 926. The molecule has 0 amide bonds. The minimum Gasteiger partial charge on any atom is -0.454 e. The fraction of sp³-hybridized carbons (Fsp3) is 0.524. The highest BCUT2D eigenvalue weighted by Crippen LogP contribution is 2.35. The van der Waals surface area contributed by atoms with Gasteiger partial charge in [-0.1, -0.05) is 13.8 Å². The van der Waals surface area contributed by atoms with Crippen molar-refractivity contribution >= 4 is 28.2 Å². The van der Waals surface area contributed by atoms with Gasteiger partial charge in [-0.3, -0.25) is 4.79 Å². The van der Waals surface area contributed by atoms with Crippen LogP contribution in [0.25, 0.3) is 10.9 Å². The minimum absolute atomic E-state index is 0.111. The van der Waals surface area contributed by atoms with Gasteiger partial charge in [0.1, 0.15) is 0 Å². The summed E-state index contributed by atoms with van der Waals surface area (Å²) in [4.78, 5) is 19.9. The highest BCUT2D eigenvalue weighted by Gasteiger charge is 2.17. The first kappa shape index (κ1) is 21.4. The van der Waals surface area contributed by atoms with E-state index in [1.165, 1.54) is 0 Å². The van der Waals surface area contributed by atoms with E-state index in [4.69, 9.17) is 21.7 Å². The van der Waals surface area contributed by atoms with Crippen molar-refractivity contribution in [3.63, 3.8) is 0 Å². The molecule has 3 rings (SSSR count). The Hall–Kier alpha value is -2.32. The first-order chi connectivity index (χ1) is 13.8. The molecule has 29 heavy (non-hydrogen) atoms. The molecule has 0 atom stereocenters. The lowest BCUT2D eigenvalue weighted by atomic mass is 10.1. The van der Waals surface area contributed by atoms with Crippen LogP contribution in [0.2, 0.25) is 0 Å². The van der Waals surface area contributed by atoms with Gasteiger partial charge in [-0.15, -0.1) is 0 Å². The van der Waals surface area contributed by atoms with Crippen LogP contribution in [-0.2, 0) is 6.54 Å². The first-order valence-corrected chi connectivity index (χ1v) is 10.4. The predicted octanol–water partition coefficient (Wildman–Crippen LogP) is 2.54. The van der Waals surface area contributed by atoms with Crippen LogP contribution >= 0.6 is 12.2 Å². The Labute approximate surface area is 177 Å². The molecular weight excluding hydrogens is 388 g/mol. The quantitative estimate of drug-likeness (QED) is 0.639. The maximum absolute atomic E-state index is 12.7. The highest BCUT2D eigenvalue weighted by atomic mass is 32.1. The monoisotopic (exact) mass is 418 g/mol. The van der Waals surface area contributed by atoms with Crippen LogP contribution in [0.5, 0.6) is 11.5 Å². The predicted molar refractivity (Wildman–Crippen MR) is 120 cm³/mol. The van der Waals surface area contributed by atoms with Crippen LogP contribution < -0.4 is 20.3 Å². The van der Waals surface area contributed by atoms with Gasteiger partial charge in [-0.25, -0.2) is 0 Å². The van der Waals surface area contributed by atoms with E-state index in [1.807, 2.05) is 18.2 Å². The van der Waals surface area contributed by atoms with Crippen LogP contribution in [0.1, 0.15) is 25.8 Å². The van der Waals surface area contributed by atoms with Crippen molar-refractivity contribution in [3.8, 4) is 11.5 Å². The smallest absolute Gasteiger partial charge is 0.253 e. The number of aromatic amines is 1. The molecule has 7 nitrogen and oxygen atoms in total. The molecule has 0 saturated heterocycles. The van der Waals surface area contributed by atoms with E-state index in [1.54, 1.807) is 0 Å². The van der Waals surface area contributed by atoms with Gasteiger partial charge < -0.3 is 29.6 Å². The van der Waals surface area contributed by atoms with Gasteiger partial charge in [0.2, 0.25) is 6.79 Å². The number of nitrogens with zero attached hydrogens (tertiary/aromatic N) is 2. The van der Waals surface area contributed by atoms with E-state index in [-0.39, 0.29) is 12.4 Å².